The highest BCUT2D eigenvalue weighted by molar-refractivity contribution is 7.90. The van der Waals surface area contributed by atoms with Gasteiger partial charge in [-0.1, -0.05) is 43.2 Å². The number of piperidine rings is 1. The number of aromatic nitrogens is 2. The summed E-state index contributed by atoms with van der Waals surface area (Å²) in [7, 11) is -4.66. The molecule has 2 aliphatic rings. The molecular formula is C44H49ClFN7O7S. The smallest absolute Gasteiger partial charge is 0.312 e. The van der Waals surface area contributed by atoms with E-state index in [2.05, 4.69) is 58.0 Å². The van der Waals surface area contributed by atoms with Crippen LogP contribution < -0.4 is 24.4 Å². The normalized spacial score (nSPS) is 16.3. The van der Waals surface area contributed by atoms with Gasteiger partial charge in [0.05, 0.1) is 21.6 Å². The van der Waals surface area contributed by atoms with Gasteiger partial charge in [0.2, 0.25) is 0 Å². The molecule has 0 unspecified atom stereocenters. The topological polar surface area (TPSA) is 172 Å². The SMILES string of the molecule is C/C(CN1CCN(c2ccc(C(=O)NS(=O)(=O)c3ccc(OCC4(F)CCNCC4)c([N+](=O)[O-])c3)c(Oc3cnc4[nH]ccc4c3)c2)CC1)=C(\CC(C)C)c1ccc(Cl)cc1. The number of allylic oxidation sites excluding steroid dienone is 1. The van der Waals surface area contributed by atoms with Crippen LogP contribution in [0.4, 0.5) is 15.8 Å². The number of nitro benzene ring substituents is 1. The number of alkyl halides is 1. The average Bonchev–Trinajstić information content (AvgIpc) is 3.71. The lowest BCUT2D eigenvalue weighted by Gasteiger charge is -2.37. The summed E-state index contributed by atoms with van der Waals surface area (Å²) in [5, 5.41) is 16.5. The molecule has 17 heteroatoms. The summed E-state index contributed by atoms with van der Waals surface area (Å²) in [5.74, 6) is -0.426. The van der Waals surface area contributed by atoms with Crippen molar-refractivity contribution >= 4 is 55.5 Å². The molecule has 2 fully saturated rings. The Bertz CT molecular complexity index is 2530. The Morgan fingerprint density at radius 2 is 1.75 bits per heavy atom. The van der Waals surface area contributed by atoms with Crippen LogP contribution >= 0.6 is 11.6 Å². The third-order valence-electron chi connectivity index (χ3n) is 11.0. The standard InChI is InChI=1S/C44H49ClFN7O7S/c1-29(2)22-38(31-4-6-33(45)7-5-31)30(3)27-51-18-20-52(21-19-51)34-8-10-37(41(24-34)60-35-23-32-12-15-48-42(32)49-26-35)43(54)50-61(57,58)36-9-11-40(39(25-36)53(55)56)59-28-44(46)13-16-47-17-14-44/h4-12,15,23-26,29,47H,13-14,16-22,27-28H2,1-3H3,(H,48,49)(H,50,54)/b38-30-. The van der Waals surface area contributed by atoms with Crippen molar-refractivity contribution in [3.8, 4) is 17.2 Å². The van der Waals surface area contributed by atoms with Crippen molar-refractivity contribution in [1.29, 1.82) is 0 Å². The van der Waals surface area contributed by atoms with E-state index in [0.29, 0.717) is 48.5 Å². The van der Waals surface area contributed by atoms with Crippen LogP contribution in [0.2, 0.25) is 5.02 Å². The van der Waals surface area contributed by atoms with Gasteiger partial charge in [0.1, 0.15) is 29.4 Å². The van der Waals surface area contributed by atoms with E-state index in [1.54, 1.807) is 24.4 Å². The van der Waals surface area contributed by atoms with E-state index in [1.807, 2.05) is 22.9 Å². The summed E-state index contributed by atoms with van der Waals surface area (Å²) < 4.78 is 56.3. The van der Waals surface area contributed by atoms with Gasteiger partial charge < -0.3 is 24.7 Å². The molecule has 5 aromatic rings. The fraction of sp³-hybridized carbons (Fsp3) is 0.364. The third-order valence-corrected chi connectivity index (χ3v) is 12.6. The number of piperazine rings is 1. The minimum Gasteiger partial charge on any atom is -0.483 e. The van der Waals surface area contributed by atoms with Gasteiger partial charge in [0.15, 0.2) is 5.75 Å². The summed E-state index contributed by atoms with van der Waals surface area (Å²) in [5.41, 5.74) is 2.75. The molecule has 0 radical (unpaired) electrons. The Hall–Kier alpha value is -5.55. The number of sulfonamides is 1. The Labute approximate surface area is 359 Å². The molecule has 3 N–H and O–H groups in total. The highest BCUT2D eigenvalue weighted by Gasteiger charge is 2.34. The minimum atomic E-state index is -4.66. The summed E-state index contributed by atoms with van der Waals surface area (Å²) in [6.07, 6.45) is 4.52. The van der Waals surface area contributed by atoms with Gasteiger partial charge in [0, 0.05) is 67.1 Å². The summed E-state index contributed by atoms with van der Waals surface area (Å²) >= 11 is 6.19. The molecule has 61 heavy (non-hydrogen) atoms. The summed E-state index contributed by atoms with van der Waals surface area (Å²) in [6.45, 7) is 10.8. The van der Waals surface area contributed by atoms with Gasteiger partial charge in [-0.05, 0) is 105 Å². The van der Waals surface area contributed by atoms with Crippen molar-refractivity contribution in [2.75, 3.05) is 57.3 Å². The zero-order chi connectivity index (χ0) is 43.3. The van der Waals surface area contributed by atoms with Crippen LogP contribution in [0.1, 0.15) is 56.0 Å². The molecule has 322 valence electrons. The van der Waals surface area contributed by atoms with E-state index in [0.717, 1.165) is 55.3 Å². The molecule has 0 spiro atoms. The highest BCUT2D eigenvalue weighted by Crippen LogP contribution is 2.35. The quantitative estimate of drug-likeness (QED) is 0.0685. The first-order chi connectivity index (χ1) is 29.2. The second kappa shape index (κ2) is 18.6. The first kappa shape index (κ1) is 43.5. The van der Waals surface area contributed by atoms with E-state index in [-0.39, 0.29) is 29.9 Å². The number of carbonyl (C=O) groups is 1. The fourth-order valence-corrected chi connectivity index (χ4v) is 8.78. The first-order valence-electron chi connectivity index (χ1n) is 20.2. The second-order valence-corrected chi connectivity index (χ2v) is 18.1. The number of H-pyrrole nitrogens is 1. The molecular weight excluding hydrogens is 825 g/mol. The molecule has 7 rings (SSSR count). The molecule has 0 bridgehead atoms. The lowest BCUT2D eigenvalue weighted by Crippen LogP contribution is -2.47. The van der Waals surface area contributed by atoms with Crippen LogP contribution in [-0.2, 0) is 10.0 Å². The van der Waals surface area contributed by atoms with Gasteiger partial charge in [-0.25, -0.2) is 22.5 Å². The number of pyridine rings is 1. The number of nitro groups is 1. The second-order valence-electron chi connectivity index (χ2n) is 16.0. The largest absolute Gasteiger partial charge is 0.483 e. The Balaban J connectivity index is 1.09. The monoisotopic (exact) mass is 873 g/mol. The fourth-order valence-electron chi connectivity index (χ4n) is 7.67. The van der Waals surface area contributed by atoms with Crippen molar-refractivity contribution in [3.63, 3.8) is 0 Å². The molecule has 0 atom stereocenters. The lowest BCUT2D eigenvalue weighted by atomic mass is 9.92. The molecule has 3 aromatic carbocycles. The van der Waals surface area contributed by atoms with Crippen LogP contribution in [0.3, 0.4) is 0 Å². The number of hydrogen-bond acceptors (Lipinski definition) is 11. The Morgan fingerprint density at radius 3 is 2.46 bits per heavy atom. The third kappa shape index (κ3) is 10.7. The maximum atomic E-state index is 15.2. The maximum absolute atomic E-state index is 15.2. The van der Waals surface area contributed by atoms with Crippen molar-refractivity contribution in [3.05, 3.63) is 117 Å². The van der Waals surface area contributed by atoms with Gasteiger partial charge in [-0.3, -0.25) is 19.8 Å². The molecule has 14 nitrogen and oxygen atoms in total. The number of anilines is 1. The average molecular weight is 874 g/mol. The van der Waals surface area contributed by atoms with Crippen molar-refractivity contribution in [2.45, 2.75) is 50.6 Å². The highest BCUT2D eigenvalue weighted by atomic mass is 35.5. The number of rotatable bonds is 15. The number of hydrogen-bond donors (Lipinski definition) is 3. The number of amides is 1. The number of aromatic amines is 1. The molecule has 1 amide bonds. The van der Waals surface area contributed by atoms with Crippen molar-refractivity contribution in [2.24, 2.45) is 5.92 Å². The van der Waals surface area contributed by atoms with Crippen molar-refractivity contribution in [1.82, 2.24) is 24.9 Å². The molecule has 2 saturated heterocycles. The van der Waals surface area contributed by atoms with Crippen LogP contribution in [0.5, 0.6) is 17.2 Å². The van der Waals surface area contributed by atoms with E-state index >= 15 is 4.39 Å². The van der Waals surface area contributed by atoms with Crippen molar-refractivity contribution < 1.29 is 32.0 Å². The number of nitrogens with zero attached hydrogens (tertiary/aromatic N) is 4. The summed E-state index contributed by atoms with van der Waals surface area (Å²) in [6, 6.07) is 19.5. The molecule has 4 heterocycles. The van der Waals surface area contributed by atoms with Gasteiger partial charge in [0.25, 0.3) is 15.9 Å². The predicted octanol–water partition coefficient (Wildman–Crippen LogP) is 8.15. The number of nitrogens with one attached hydrogen (secondary N) is 3. The number of benzene rings is 3. The molecule has 0 saturated carbocycles. The zero-order valence-electron chi connectivity index (χ0n) is 34.2. The number of carbonyl (C=O) groups excluding carboxylic acids is 1. The Kier molecular flexibility index (Phi) is 13.3. The van der Waals surface area contributed by atoms with Gasteiger partial charge >= 0.3 is 5.69 Å². The van der Waals surface area contributed by atoms with Crippen LogP contribution in [-0.4, -0.2) is 92.2 Å². The molecule has 2 aromatic heterocycles. The van der Waals surface area contributed by atoms with Crippen LogP contribution in [0.15, 0.2) is 95.7 Å². The summed E-state index contributed by atoms with van der Waals surface area (Å²) in [4.78, 5) is 36.5. The minimum absolute atomic E-state index is 0.0807. The molecule has 2 aliphatic heterocycles. The Morgan fingerprint density at radius 1 is 1.02 bits per heavy atom. The van der Waals surface area contributed by atoms with Gasteiger partial charge in [-0.2, -0.15) is 0 Å². The predicted molar refractivity (Wildman–Crippen MR) is 234 cm³/mol. The zero-order valence-corrected chi connectivity index (χ0v) is 35.8. The van der Waals surface area contributed by atoms with E-state index < -0.39 is 43.7 Å². The van der Waals surface area contributed by atoms with Crippen LogP contribution in [0.25, 0.3) is 16.6 Å². The first-order valence-corrected chi connectivity index (χ1v) is 22.1. The van der Waals surface area contributed by atoms with Crippen LogP contribution in [0, 0.1) is 16.0 Å². The number of ether oxygens (including phenoxy) is 2. The van der Waals surface area contributed by atoms with Gasteiger partial charge in [-0.15, -0.1) is 0 Å². The van der Waals surface area contributed by atoms with E-state index in [1.165, 1.54) is 29.0 Å². The molecule has 0 aliphatic carbocycles. The van der Waals surface area contributed by atoms with E-state index in [9.17, 15) is 23.3 Å². The number of fused-ring (bicyclic) bond motifs is 1. The lowest BCUT2D eigenvalue weighted by molar-refractivity contribution is -0.386. The number of halogens is 2. The van der Waals surface area contributed by atoms with E-state index in [4.69, 9.17) is 21.1 Å². The maximum Gasteiger partial charge on any atom is 0.312 e.